The second kappa shape index (κ2) is 14.2. The molecule has 14 heteroatoms. The lowest BCUT2D eigenvalue weighted by atomic mass is 10.0. The molecule has 32 heavy (non-hydrogen) atoms. The molecule has 0 aliphatic rings. The Bertz CT molecular complexity index is 718. The number of thiol groups is 1. The van der Waals surface area contributed by atoms with Crippen molar-refractivity contribution in [3.63, 3.8) is 0 Å². The Kier molecular flexibility index (Phi) is 13.0. The van der Waals surface area contributed by atoms with Gasteiger partial charge in [0.15, 0.2) is 0 Å². The van der Waals surface area contributed by atoms with E-state index in [9.17, 15) is 33.9 Å². The molecule has 0 bridgehead atoms. The molecule has 0 aromatic rings. The van der Waals surface area contributed by atoms with E-state index >= 15 is 0 Å². The van der Waals surface area contributed by atoms with Crippen LogP contribution in [0, 0.1) is 5.92 Å². The summed E-state index contributed by atoms with van der Waals surface area (Å²) in [6.45, 7) is 3.53. The van der Waals surface area contributed by atoms with E-state index in [1.54, 1.807) is 13.8 Å². The van der Waals surface area contributed by atoms with Crippen molar-refractivity contribution in [2.45, 2.75) is 63.7 Å². The fourth-order valence-electron chi connectivity index (χ4n) is 2.57. The summed E-state index contributed by atoms with van der Waals surface area (Å²) in [6, 6.07) is -5.12. The average molecular weight is 477 g/mol. The number of carboxylic acids is 1. The van der Waals surface area contributed by atoms with Gasteiger partial charge in [0.25, 0.3) is 0 Å². The summed E-state index contributed by atoms with van der Waals surface area (Å²) in [4.78, 5) is 71.3. The monoisotopic (exact) mass is 476 g/mol. The third-order valence-electron chi connectivity index (χ3n) is 4.21. The van der Waals surface area contributed by atoms with Gasteiger partial charge in [-0.25, -0.2) is 4.79 Å². The second-order valence-corrected chi connectivity index (χ2v) is 7.98. The van der Waals surface area contributed by atoms with Crippen LogP contribution in [0.15, 0.2) is 0 Å². The first kappa shape index (κ1) is 29.1. The van der Waals surface area contributed by atoms with Gasteiger partial charge in [0.2, 0.25) is 29.5 Å². The molecule has 0 aromatic heterocycles. The Balaban J connectivity index is 5.55. The molecule has 0 heterocycles. The molecule has 4 atom stereocenters. The molecule has 0 aliphatic carbocycles. The van der Waals surface area contributed by atoms with Gasteiger partial charge in [0.1, 0.15) is 18.1 Å². The average Bonchev–Trinajstić information content (AvgIpc) is 2.67. The van der Waals surface area contributed by atoms with Crippen LogP contribution in [0.5, 0.6) is 0 Å². The van der Waals surface area contributed by atoms with Crippen molar-refractivity contribution >= 4 is 48.1 Å². The molecule has 10 N–H and O–H groups in total. The lowest BCUT2D eigenvalue weighted by Crippen LogP contribution is -2.58. The van der Waals surface area contributed by atoms with E-state index in [2.05, 4.69) is 28.6 Å². The predicted octanol–water partition coefficient (Wildman–Crippen LogP) is -3.03. The van der Waals surface area contributed by atoms with Crippen LogP contribution in [0.25, 0.3) is 0 Å². The van der Waals surface area contributed by atoms with Crippen LogP contribution >= 0.6 is 12.6 Å². The number of nitrogens with two attached hydrogens (primary N) is 3. The van der Waals surface area contributed by atoms with Gasteiger partial charge in [-0.05, 0) is 18.8 Å². The Labute approximate surface area is 191 Å². The number of carbonyl (C=O) groups is 6. The van der Waals surface area contributed by atoms with Crippen LogP contribution in [0.2, 0.25) is 0 Å². The highest BCUT2D eigenvalue weighted by Crippen LogP contribution is 2.07. The van der Waals surface area contributed by atoms with Crippen molar-refractivity contribution in [1.29, 1.82) is 0 Å². The van der Waals surface area contributed by atoms with Crippen molar-refractivity contribution < 1.29 is 33.9 Å². The van der Waals surface area contributed by atoms with Crippen molar-refractivity contribution in [3.05, 3.63) is 0 Å². The van der Waals surface area contributed by atoms with Crippen LogP contribution in [0.1, 0.15) is 39.5 Å². The number of hydrogen-bond acceptors (Lipinski definition) is 8. The first-order chi connectivity index (χ1) is 14.8. The molecule has 0 rings (SSSR count). The molecule has 0 radical (unpaired) electrons. The fourth-order valence-corrected chi connectivity index (χ4v) is 2.73. The predicted molar refractivity (Wildman–Crippen MR) is 117 cm³/mol. The van der Waals surface area contributed by atoms with Gasteiger partial charge < -0.3 is 38.3 Å². The number of carbonyl (C=O) groups excluding carboxylic acids is 5. The van der Waals surface area contributed by atoms with Crippen LogP contribution in [-0.2, 0) is 28.8 Å². The molecule has 0 aromatic carbocycles. The van der Waals surface area contributed by atoms with Crippen LogP contribution in [0.4, 0.5) is 0 Å². The quantitative estimate of drug-likeness (QED) is 0.113. The second-order valence-electron chi connectivity index (χ2n) is 7.62. The first-order valence-corrected chi connectivity index (χ1v) is 10.5. The highest BCUT2D eigenvalue weighted by Gasteiger charge is 2.31. The van der Waals surface area contributed by atoms with Gasteiger partial charge in [0, 0.05) is 12.2 Å². The Morgan fingerprint density at radius 3 is 1.78 bits per heavy atom. The number of amides is 5. The van der Waals surface area contributed by atoms with E-state index in [0.717, 1.165) is 0 Å². The summed E-state index contributed by atoms with van der Waals surface area (Å²) in [5.74, 6) is -5.63. The fraction of sp³-hybridized carbons (Fsp3) is 0.667. The Morgan fingerprint density at radius 1 is 0.844 bits per heavy atom. The van der Waals surface area contributed by atoms with E-state index < -0.39 is 66.1 Å². The van der Waals surface area contributed by atoms with Crippen molar-refractivity contribution in [1.82, 2.24) is 16.0 Å². The number of carboxylic acid groups (broad SMARTS) is 1. The highest BCUT2D eigenvalue weighted by atomic mass is 32.1. The van der Waals surface area contributed by atoms with E-state index in [1.807, 2.05) is 0 Å². The van der Waals surface area contributed by atoms with Gasteiger partial charge >= 0.3 is 5.97 Å². The normalized spacial score (nSPS) is 14.5. The summed E-state index contributed by atoms with van der Waals surface area (Å²) >= 11 is 3.88. The molecule has 13 nitrogen and oxygen atoms in total. The molecular weight excluding hydrogens is 444 g/mol. The van der Waals surface area contributed by atoms with E-state index in [1.165, 1.54) is 0 Å². The third-order valence-corrected chi connectivity index (χ3v) is 4.60. The zero-order valence-electron chi connectivity index (χ0n) is 18.0. The van der Waals surface area contributed by atoms with Crippen molar-refractivity contribution in [2.75, 3.05) is 5.75 Å². The zero-order chi connectivity index (χ0) is 25.0. The number of hydrogen-bond donors (Lipinski definition) is 8. The van der Waals surface area contributed by atoms with Crippen LogP contribution in [-0.4, -0.2) is 70.5 Å². The molecular formula is C18H32N6O7S. The maximum atomic E-state index is 12.7. The van der Waals surface area contributed by atoms with Gasteiger partial charge in [-0.1, -0.05) is 13.8 Å². The molecule has 0 saturated heterocycles. The Hall–Kier alpha value is -2.87. The van der Waals surface area contributed by atoms with Crippen molar-refractivity contribution in [3.8, 4) is 0 Å². The smallest absolute Gasteiger partial charge is 0.326 e. The molecule has 0 saturated carbocycles. The molecule has 182 valence electrons. The van der Waals surface area contributed by atoms with Crippen molar-refractivity contribution in [2.24, 2.45) is 23.1 Å². The zero-order valence-corrected chi connectivity index (χ0v) is 18.9. The molecule has 0 spiro atoms. The highest BCUT2D eigenvalue weighted by molar-refractivity contribution is 7.80. The SMILES string of the molecule is CC(C)CC(NC(=O)C(CCC(N)=O)NC(=O)C(CC(N)=O)NC(=O)C(N)CS)C(=O)O. The minimum absolute atomic E-state index is 0.0349. The lowest BCUT2D eigenvalue weighted by molar-refractivity contribution is -0.143. The molecule has 0 fully saturated rings. The minimum atomic E-state index is -1.46. The maximum absolute atomic E-state index is 12.7. The van der Waals surface area contributed by atoms with Gasteiger partial charge in [-0.15, -0.1) is 0 Å². The first-order valence-electron chi connectivity index (χ1n) is 9.85. The summed E-state index contributed by atoms with van der Waals surface area (Å²) in [6.07, 6.45) is -1.00. The number of rotatable bonds is 15. The molecule has 4 unspecified atom stereocenters. The topological polar surface area (TPSA) is 237 Å². The van der Waals surface area contributed by atoms with Gasteiger partial charge in [0.05, 0.1) is 12.5 Å². The standard InChI is InChI=1S/C18H32N6O7S/c1-8(2)5-12(18(30)31)24-16(28)10(3-4-13(20)25)22-17(29)11(6-14(21)26)23-15(27)9(19)7-32/h8-12,32H,3-7,19H2,1-2H3,(H2,20,25)(H2,21,26)(H,22,29)(H,23,27)(H,24,28)(H,30,31). The van der Waals surface area contributed by atoms with Gasteiger partial charge in [-0.2, -0.15) is 12.6 Å². The molecule has 0 aliphatic heterocycles. The maximum Gasteiger partial charge on any atom is 0.326 e. The van der Waals surface area contributed by atoms with E-state index in [4.69, 9.17) is 17.2 Å². The lowest BCUT2D eigenvalue weighted by Gasteiger charge is -2.25. The van der Waals surface area contributed by atoms with Crippen LogP contribution in [0.3, 0.4) is 0 Å². The van der Waals surface area contributed by atoms with Gasteiger partial charge in [-0.3, -0.25) is 24.0 Å². The summed E-state index contributed by atoms with van der Waals surface area (Å²) in [7, 11) is 0. The summed E-state index contributed by atoms with van der Waals surface area (Å²) in [5.41, 5.74) is 15.8. The van der Waals surface area contributed by atoms with E-state index in [-0.39, 0.29) is 30.9 Å². The molecule has 5 amide bonds. The minimum Gasteiger partial charge on any atom is -0.480 e. The number of nitrogens with one attached hydrogen (secondary N) is 3. The Morgan fingerprint density at radius 2 is 1.34 bits per heavy atom. The number of primary amides is 2. The summed E-state index contributed by atoms with van der Waals surface area (Å²) < 4.78 is 0. The van der Waals surface area contributed by atoms with Crippen LogP contribution < -0.4 is 33.2 Å². The largest absolute Gasteiger partial charge is 0.480 e. The van der Waals surface area contributed by atoms with E-state index in [0.29, 0.717) is 0 Å². The summed E-state index contributed by atoms with van der Waals surface area (Å²) in [5, 5.41) is 16.2. The number of aliphatic carboxylic acids is 1. The third kappa shape index (κ3) is 11.5.